The van der Waals surface area contributed by atoms with E-state index >= 15 is 0 Å². The Morgan fingerprint density at radius 3 is 1.93 bits per heavy atom. The summed E-state index contributed by atoms with van der Waals surface area (Å²) in [7, 11) is 0. The molecule has 0 aromatic carbocycles. The molecule has 0 spiro atoms. The predicted octanol–water partition coefficient (Wildman–Crippen LogP) is 0.133. The monoisotopic (exact) mass is 208 g/mol. The van der Waals surface area contributed by atoms with Crippen LogP contribution in [0.2, 0.25) is 0 Å². The molecule has 2 aliphatic heterocycles. The summed E-state index contributed by atoms with van der Waals surface area (Å²) in [6.07, 6.45) is 3.71. The van der Waals surface area contributed by atoms with E-state index in [4.69, 9.17) is 0 Å². The minimum atomic E-state index is 0.0485. The van der Waals surface area contributed by atoms with Gasteiger partial charge in [-0.25, -0.2) is 0 Å². The van der Waals surface area contributed by atoms with Crippen LogP contribution in [-0.2, 0) is 9.59 Å². The molecule has 2 saturated heterocycles. The lowest BCUT2D eigenvalue weighted by Crippen LogP contribution is -2.46. The number of nitrogens with one attached hydrogen (secondary N) is 1. The van der Waals surface area contributed by atoms with Gasteiger partial charge in [0.1, 0.15) is 0 Å². The van der Waals surface area contributed by atoms with E-state index in [2.05, 4.69) is 5.32 Å². The van der Waals surface area contributed by atoms with Crippen molar-refractivity contribution < 1.29 is 9.59 Å². The van der Waals surface area contributed by atoms with Gasteiger partial charge in [-0.3, -0.25) is 14.5 Å². The Balaban J connectivity index is 1.79. The van der Waals surface area contributed by atoms with Crippen LogP contribution < -0.4 is 5.32 Å². The quantitative estimate of drug-likeness (QED) is 0.623. The molecule has 2 atom stereocenters. The van der Waals surface area contributed by atoms with Crippen molar-refractivity contribution in [2.45, 2.75) is 31.7 Å². The minimum absolute atomic E-state index is 0.0485. The van der Waals surface area contributed by atoms with Crippen LogP contribution in [0.4, 0.5) is 0 Å². The molecule has 15 heavy (non-hydrogen) atoms. The predicted molar refractivity (Wildman–Crippen MR) is 54.0 cm³/mol. The third kappa shape index (κ3) is 1.24. The number of nitrogens with zero attached hydrogens (tertiary/aromatic N) is 1. The fraction of sp³-hybridized carbons (Fsp3) is 0.818. The first-order chi connectivity index (χ1) is 7.29. The first kappa shape index (κ1) is 9.33. The lowest BCUT2D eigenvalue weighted by Gasteiger charge is -2.30. The summed E-state index contributed by atoms with van der Waals surface area (Å²) >= 11 is 0. The largest absolute Gasteiger partial charge is 0.317 e. The molecule has 3 rings (SSSR count). The van der Waals surface area contributed by atoms with E-state index < -0.39 is 0 Å². The van der Waals surface area contributed by atoms with E-state index in [-0.39, 0.29) is 29.7 Å². The molecule has 0 aromatic rings. The zero-order valence-electron chi connectivity index (χ0n) is 8.74. The van der Waals surface area contributed by atoms with Gasteiger partial charge in [-0.2, -0.15) is 0 Å². The zero-order chi connectivity index (χ0) is 10.4. The number of likely N-dealkylation sites (tertiary alicyclic amines) is 1. The van der Waals surface area contributed by atoms with Crippen molar-refractivity contribution in [3.63, 3.8) is 0 Å². The number of piperidine rings is 1. The van der Waals surface area contributed by atoms with E-state index in [0.29, 0.717) is 0 Å². The van der Waals surface area contributed by atoms with Gasteiger partial charge in [0.25, 0.3) is 0 Å². The van der Waals surface area contributed by atoms with Gasteiger partial charge in [0.2, 0.25) is 11.8 Å². The molecule has 82 valence electrons. The van der Waals surface area contributed by atoms with Gasteiger partial charge < -0.3 is 5.32 Å². The third-order valence-electron chi connectivity index (χ3n) is 4.06. The Morgan fingerprint density at radius 1 is 0.933 bits per heavy atom. The van der Waals surface area contributed by atoms with Crippen LogP contribution in [0.15, 0.2) is 0 Å². The SMILES string of the molecule is O=C1C2CCC2C(=O)N1C1CCNCC1. The molecule has 0 aromatic heterocycles. The summed E-state index contributed by atoms with van der Waals surface area (Å²) in [5.74, 6) is 0.325. The second kappa shape index (κ2) is 3.30. The van der Waals surface area contributed by atoms with Gasteiger partial charge in [0.05, 0.1) is 11.8 Å². The third-order valence-corrected chi connectivity index (χ3v) is 4.06. The normalized spacial score (nSPS) is 36.7. The molecule has 4 nitrogen and oxygen atoms in total. The van der Waals surface area contributed by atoms with Crippen LogP contribution in [0.25, 0.3) is 0 Å². The fourth-order valence-electron chi connectivity index (χ4n) is 2.98. The Hall–Kier alpha value is -0.900. The van der Waals surface area contributed by atoms with Crippen LogP contribution in [0.5, 0.6) is 0 Å². The van der Waals surface area contributed by atoms with Gasteiger partial charge in [-0.1, -0.05) is 0 Å². The average Bonchev–Trinajstić information content (AvgIpc) is 2.33. The van der Waals surface area contributed by atoms with Crippen LogP contribution >= 0.6 is 0 Å². The molecule has 1 saturated carbocycles. The fourth-order valence-corrected chi connectivity index (χ4v) is 2.98. The summed E-state index contributed by atoms with van der Waals surface area (Å²) in [5, 5.41) is 3.26. The van der Waals surface area contributed by atoms with Crippen LogP contribution in [0.1, 0.15) is 25.7 Å². The maximum absolute atomic E-state index is 12.0. The Labute approximate surface area is 89.0 Å². The van der Waals surface area contributed by atoms with Crippen molar-refractivity contribution in [2.24, 2.45) is 11.8 Å². The van der Waals surface area contributed by atoms with E-state index in [1.54, 1.807) is 4.90 Å². The van der Waals surface area contributed by atoms with Crippen LogP contribution in [-0.4, -0.2) is 35.8 Å². The van der Waals surface area contributed by atoms with Gasteiger partial charge in [0.15, 0.2) is 0 Å². The lowest BCUT2D eigenvalue weighted by atomic mass is 9.76. The topological polar surface area (TPSA) is 49.4 Å². The molecule has 0 bridgehead atoms. The Morgan fingerprint density at radius 2 is 1.47 bits per heavy atom. The van der Waals surface area contributed by atoms with Crippen molar-refractivity contribution in [3.8, 4) is 0 Å². The minimum Gasteiger partial charge on any atom is -0.317 e. The average molecular weight is 208 g/mol. The summed E-state index contributed by atoms with van der Waals surface area (Å²) in [4.78, 5) is 25.5. The number of carbonyl (C=O) groups excluding carboxylic acids is 2. The standard InChI is InChI=1S/C11H16N2O2/c14-10-8-1-2-9(8)11(15)13(10)7-3-5-12-6-4-7/h7-9,12H,1-6H2. The maximum Gasteiger partial charge on any atom is 0.233 e. The number of imide groups is 1. The van der Waals surface area contributed by atoms with Gasteiger partial charge in [0, 0.05) is 6.04 Å². The van der Waals surface area contributed by atoms with Gasteiger partial charge in [-0.05, 0) is 38.8 Å². The van der Waals surface area contributed by atoms with E-state index in [1.165, 1.54) is 0 Å². The van der Waals surface area contributed by atoms with Gasteiger partial charge >= 0.3 is 0 Å². The van der Waals surface area contributed by atoms with Crippen molar-refractivity contribution in [1.29, 1.82) is 0 Å². The lowest BCUT2D eigenvalue weighted by molar-refractivity contribution is -0.142. The smallest absolute Gasteiger partial charge is 0.233 e. The summed E-state index contributed by atoms with van der Waals surface area (Å²) in [5.41, 5.74) is 0. The second-order valence-electron chi connectivity index (χ2n) is 4.82. The Bertz CT molecular complexity index is 288. The highest BCUT2D eigenvalue weighted by atomic mass is 16.2. The zero-order valence-corrected chi connectivity index (χ0v) is 8.74. The number of hydrogen-bond acceptors (Lipinski definition) is 3. The highest BCUT2D eigenvalue weighted by Crippen LogP contribution is 2.43. The highest BCUT2D eigenvalue weighted by molar-refractivity contribution is 6.06. The van der Waals surface area contributed by atoms with Crippen LogP contribution in [0, 0.1) is 11.8 Å². The first-order valence-corrected chi connectivity index (χ1v) is 5.86. The molecular weight excluding hydrogens is 192 g/mol. The number of rotatable bonds is 1. The molecule has 0 radical (unpaired) electrons. The second-order valence-corrected chi connectivity index (χ2v) is 4.82. The summed E-state index contributed by atoms with van der Waals surface area (Å²) in [6, 6.07) is 0.178. The van der Waals surface area contributed by atoms with Crippen molar-refractivity contribution in [1.82, 2.24) is 10.2 Å². The van der Waals surface area contributed by atoms with E-state index in [0.717, 1.165) is 38.8 Å². The summed E-state index contributed by atoms with van der Waals surface area (Å²) in [6.45, 7) is 1.86. The summed E-state index contributed by atoms with van der Waals surface area (Å²) < 4.78 is 0. The maximum atomic E-state index is 12.0. The molecule has 2 heterocycles. The Kier molecular flexibility index (Phi) is 2.06. The molecule has 4 heteroatoms. The molecule has 2 amide bonds. The van der Waals surface area contributed by atoms with Crippen molar-refractivity contribution >= 4 is 11.8 Å². The van der Waals surface area contributed by atoms with Gasteiger partial charge in [-0.15, -0.1) is 0 Å². The molecule has 1 aliphatic carbocycles. The molecule has 2 unspecified atom stereocenters. The number of fused-ring (bicyclic) bond motifs is 1. The first-order valence-electron chi connectivity index (χ1n) is 5.86. The van der Waals surface area contributed by atoms with Crippen molar-refractivity contribution in [2.75, 3.05) is 13.1 Å². The van der Waals surface area contributed by atoms with E-state index in [9.17, 15) is 9.59 Å². The number of carbonyl (C=O) groups is 2. The molecule has 1 N–H and O–H groups in total. The highest BCUT2D eigenvalue weighted by Gasteiger charge is 2.54. The number of hydrogen-bond donors (Lipinski definition) is 1. The van der Waals surface area contributed by atoms with E-state index in [1.807, 2.05) is 0 Å². The number of amides is 2. The van der Waals surface area contributed by atoms with Crippen molar-refractivity contribution in [3.05, 3.63) is 0 Å². The molecule has 3 fully saturated rings. The molecule has 3 aliphatic rings. The molecular formula is C11H16N2O2. The van der Waals surface area contributed by atoms with Crippen LogP contribution in [0.3, 0.4) is 0 Å².